The van der Waals surface area contributed by atoms with Crippen molar-refractivity contribution < 1.29 is 14.4 Å². The molecule has 124 valence electrons. The monoisotopic (exact) mass is 363 g/mol. The van der Waals surface area contributed by atoms with E-state index in [1.807, 2.05) is 18.2 Å². The Labute approximate surface area is 145 Å². The number of nitrogens with one attached hydrogen (secondary N) is 3. The van der Waals surface area contributed by atoms with Crippen molar-refractivity contribution >= 4 is 57.3 Å². The van der Waals surface area contributed by atoms with Crippen LogP contribution in [0, 0.1) is 0 Å². The van der Waals surface area contributed by atoms with E-state index >= 15 is 0 Å². The SMILES string of the molecule is O=C1CS/C(=N/N=C2\NC(=O)C(CC(=O)Nc3ccccc3)S2)N1. The van der Waals surface area contributed by atoms with Crippen LogP contribution in [0.4, 0.5) is 5.69 Å². The summed E-state index contributed by atoms with van der Waals surface area (Å²) in [5, 5.41) is 15.8. The number of carbonyl (C=O) groups is 3. The van der Waals surface area contributed by atoms with Crippen LogP contribution < -0.4 is 16.0 Å². The highest BCUT2D eigenvalue weighted by atomic mass is 32.2. The van der Waals surface area contributed by atoms with E-state index in [2.05, 4.69) is 26.2 Å². The highest BCUT2D eigenvalue weighted by Gasteiger charge is 2.32. The molecule has 1 aromatic carbocycles. The number of amidine groups is 2. The number of para-hydroxylation sites is 1. The highest BCUT2D eigenvalue weighted by Crippen LogP contribution is 2.23. The second-order valence-electron chi connectivity index (χ2n) is 4.86. The molecule has 0 bridgehead atoms. The molecule has 10 heteroatoms. The van der Waals surface area contributed by atoms with Gasteiger partial charge in [0.2, 0.25) is 17.7 Å². The van der Waals surface area contributed by atoms with Crippen molar-refractivity contribution in [2.45, 2.75) is 11.7 Å². The van der Waals surface area contributed by atoms with Gasteiger partial charge in [0.1, 0.15) is 5.25 Å². The molecule has 8 nitrogen and oxygen atoms in total. The zero-order chi connectivity index (χ0) is 16.9. The molecule has 2 fully saturated rings. The Kier molecular flexibility index (Phi) is 5.16. The van der Waals surface area contributed by atoms with E-state index in [9.17, 15) is 14.4 Å². The first kappa shape index (κ1) is 16.5. The molecule has 0 aromatic heterocycles. The van der Waals surface area contributed by atoms with E-state index in [-0.39, 0.29) is 24.1 Å². The molecule has 0 radical (unpaired) electrons. The number of thioether (sulfide) groups is 2. The molecule has 3 amide bonds. The van der Waals surface area contributed by atoms with E-state index in [0.717, 1.165) is 11.8 Å². The molecule has 3 rings (SSSR count). The van der Waals surface area contributed by atoms with Crippen LogP contribution in [0.3, 0.4) is 0 Å². The molecule has 1 unspecified atom stereocenters. The minimum absolute atomic E-state index is 0.0342. The lowest BCUT2D eigenvalue weighted by Gasteiger charge is -2.06. The molecular formula is C14H13N5O3S2. The summed E-state index contributed by atoms with van der Waals surface area (Å²) in [7, 11) is 0. The Balaban J connectivity index is 1.55. The standard InChI is InChI=1S/C14H13N5O3S2/c20-10(15-8-4-2-1-3-5-8)6-9-12(22)17-14(24-9)19-18-13-16-11(21)7-23-13/h1-5,9H,6-7H2,(H,15,20)(H,16,18,21)(H,17,19,22). The maximum absolute atomic E-state index is 12.0. The van der Waals surface area contributed by atoms with Gasteiger partial charge in [-0.3, -0.25) is 14.4 Å². The smallest absolute Gasteiger partial charge is 0.240 e. The van der Waals surface area contributed by atoms with Gasteiger partial charge in [-0.05, 0) is 12.1 Å². The Morgan fingerprint density at radius 1 is 1.17 bits per heavy atom. The van der Waals surface area contributed by atoms with Crippen molar-refractivity contribution in [1.29, 1.82) is 0 Å². The fraction of sp³-hybridized carbons (Fsp3) is 0.214. The number of anilines is 1. The first-order chi connectivity index (χ1) is 11.6. The zero-order valence-corrected chi connectivity index (χ0v) is 13.9. The molecule has 1 atom stereocenters. The minimum atomic E-state index is -0.557. The van der Waals surface area contributed by atoms with Gasteiger partial charge in [0.25, 0.3) is 0 Å². The number of carbonyl (C=O) groups excluding carboxylic acids is 3. The third-order valence-electron chi connectivity index (χ3n) is 3.02. The van der Waals surface area contributed by atoms with Crippen molar-refractivity contribution in [2.24, 2.45) is 10.2 Å². The third-order valence-corrected chi connectivity index (χ3v) is 4.96. The Hall–Kier alpha value is -2.33. The van der Waals surface area contributed by atoms with Gasteiger partial charge in [-0.2, -0.15) is 0 Å². The van der Waals surface area contributed by atoms with Crippen LogP contribution in [-0.2, 0) is 14.4 Å². The Morgan fingerprint density at radius 3 is 2.62 bits per heavy atom. The number of amides is 3. The van der Waals surface area contributed by atoms with E-state index in [0.29, 0.717) is 21.8 Å². The summed E-state index contributed by atoms with van der Waals surface area (Å²) in [6.07, 6.45) is 0.0342. The van der Waals surface area contributed by atoms with Crippen molar-refractivity contribution in [2.75, 3.05) is 11.1 Å². The molecular weight excluding hydrogens is 350 g/mol. The molecule has 2 saturated heterocycles. The molecule has 24 heavy (non-hydrogen) atoms. The fourth-order valence-electron chi connectivity index (χ4n) is 1.96. The van der Waals surface area contributed by atoms with Crippen molar-refractivity contribution in [3.05, 3.63) is 30.3 Å². The zero-order valence-electron chi connectivity index (χ0n) is 12.3. The average Bonchev–Trinajstić information content (AvgIpc) is 3.12. The lowest BCUT2D eigenvalue weighted by molar-refractivity contribution is -0.122. The second-order valence-corrected chi connectivity index (χ2v) is 7.02. The number of rotatable bonds is 4. The molecule has 2 aliphatic rings. The highest BCUT2D eigenvalue weighted by molar-refractivity contribution is 8.15. The van der Waals surface area contributed by atoms with Gasteiger partial charge in [-0.1, -0.05) is 41.7 Å². The second kappa shape index (κ2) is 7.49. The predicted molar refractivity (Wildman–Crippen MR) is 94.7 cm³/mol. The first-order valence-electron chi connectivity index (χ1n) is 7.01. The summed E-state index contributed by atoms with van der Waals surface area (Å²) >= 11 is 2.38. The van der Waals surface area contributed by atoms with Crippen LogP contribution in [0.25, 0.3) is 0 Å². The van der Waals surface area contributed by atoms with Gasteiger partial charge < -0.3 is 16.0 Å². The number of hydrogen-bond donors (Lipinski definition) is 3. The quantitative estimate of drug-likeness (QED) is 0.683. The van der Waals surface area contributed by atoms with Crippen LogP contribution in [-0.4, -0.2) is 39.1 Å². The topological polar surface area (TPSA) is 112 Å². The lowest BCUT2D eigenvalue weighted by Crippen LogP contribution is -2.28. The van der Waals surface area contributed by atoms with Gasteiger partial charge in [0, 0.05) is 12.1 Å². The normalized spacial score (nSPS) is 23.4. The Bertz CT molecular complexity index is 735. The fourth-order valence-corrected chi connectivity index (χ4v) is 3.50. The molecule has 2 heterocycles. The maximum atomic E-state index is 12.0. The maximum Gasteiger partial charge on any atom is 0.240 e. The van der Waals surface area contributed by atoms with Crippen LogP contribution in [0.1, 0.15) is 6.42 Å². The van der Waals surface area contributed by atoms with E-state index < -0.39 is 5.25 Å². The molecule has 1 aromatic rings. The summed E-state index contributed by atoms with van der Waals surface area (Å²) in [4.78, 5) is 35.0. The minimum Gasteiger partial charge on any atom is -0.326 e. The van der Waals surface area contributed by atoms with Gasteiger partial charge >= 0.3 is 0 Å². The Morgan fingerprint density at radius 2 is 1.92 bits per heavy atom. The largest absolute Gasteiger partial charge is 0.326 e. The number of hydrogen-bond acceptors (Lipinski definition) is 7. The molecule has 2 aliphatic heterocycles. The van der Waals surface area contributed by atoms with Crippen LogP contribution >= 0.6 is 23.5 Å². The van der Waals surface area contributed by atoms with Crippen LogP contribution in [0.15, 0.2) is 40.5 Å². The lowest BCUT2D eigenvalue weighted by atomic mass is 10.2. The van der Waals surface area contributed by atoms with Crippen molar-refractivity contribution in [3.8, 4) is 0 Å². The molecule has 0 saturated carbocycles. The van der Waals surface area contributed by atoms with Crippen molar-refractivity contribution in [1.82, 2.24) is 10.6 Å². The molecule has 0 spiro atoms. The number of benzene rings is 1. The number of nitrogens with zero attached hydrogens (tertiary/aromatic N) is 2. The van der Waals surface area contributed by atoms with Crippen LogP contribution in [0.2, 0.25) is 0 Å². The summed E-state index contributed by atoms with van der Waals surface area (Å²) in [6, 6.07) is 9.03. The van der Waals surface area contributed by atoms with Gasteiger partial charge in [-0.25, -0.2) is 0 Å². The van der Waals surface area contributed by atoms with Gasteiger partial charge in [0.15, 0.2) is 10.3 Å². The van der Waals surface area contributed by atoms with E-state index in [1.54, 1.807) is 12.1 Å². The molecule has 0 aliphatic carbocycles. The third kappa shape index (κ3) is 4.36. The van der Waals surface area contributed by atoms with Gasteiger partial charge in [0.05, 0.1) is 5.75 Å². The summed E-state index contributed by atoms with van der Waals surface area (Å²) < 4.78 is 0. The summed E-state index contributed by atoms with van der Waals surface area (Å²) in [6.45, 7) is 0. The van der Waals surface area contributed by atoms with E-state index in [4.69, 9.17) is 0 Å². The first-order valence-corrected chi connectivity index (χ1v) is 8.87. The summed E-state index contributed by atoms with van der Waals surface area (Å²) in [5.74, 6) is -0.353. The van der Waals surface area contributed by atoms with Gasteiger partial charge in [-0.15, -0.1) is 10.2 Å². The predicted octanol–water partition coefficient (Wildman–Crippen LogP) is 0.737. The van der Waals surface area contributed by atoms with Crippen molar-refractivity contribution in [3.63, 3.8) is 0 Å². The summed E-state index contributed by atoms with van der Waals surface area (Å²) in [5.41, 5.74) is 0.681. The average molecular weight is 363 g/mol. The van der Waals surface area contributed by atoms with E-state index in [1.165, 1.54) is 11.8 Å². The van der Waals surface area contributed by atoms with Crippen LogP contribution in [0.5, 0.6) is 0 Å². The molecule has 3 N–H and O–H groups in total.